The number of anilines is 1. The van der Waals surface area contributed by atoms with E-state index in [1.807, 2.05) is 0 Å². The molecule has 1 heterocycles. The molecule has 0 aliphatic carbocycles. The molecule has 1 aromatic rings. The maximum absolute atomic E-state index is 12.9. The summed E-state index contributed by atoms with van der Waals surface area (Å²) in [6.45, 7) is 2.10. The van der Waals surface area contributed by atoms with Gasteiger partial charge in [-0.05, 0) is 24.3 Å². The fourth-order valence-electron chi connectivity index (χ4n) is 2.47. The SMILES string of the molecule is CNC(=O)C1CN(C(=O)Nc2ccc(F)cc2)CCN1C(C)=O. The van der Waals surface area contributed by atoms with Crippen molar-refractivity contribution in [3.8, 4) is 0 Å². The molecular weight excluding hydrogens is 303 g/mol. The number of hydrogen-bond acceptors (Lipinski definition) is 3. The summed E-state index contributed by atoms with van der Waals surface area (Å²) in [5.74, 6) is -0.922. The summed E-state index contributed by atoms with van der Waals surface area (Å²) in [6.07, 6.45) is 0. The Balaban J connectivity index is 2.05. The first-order chi connectivity index (χ1) is 10.9. The third kappa shape index (κ3) is 3.97. The summed E-state index contributed by atoms with van der Waals surface area (Å²) in [6, 6.07) is 4.29. The molecule has 2 rings (SSSR count). The van der Waals surface area contributed by atoms with Gasteiger partial charge in [0.2, 0.25) is 11.8 Å². The zero-order valence-electron chi connectivity index (χ0n) is 13.0. The molecule has 4 amide bonds. The van der Waals surface area contributed by atoms with Crippen molar-refractivity contribution < 1.29 is 18.8 Å². The van der Waals surface area contributed by atoms with Crippen LogP contribution in [0, 0.1) is 5.82 Å². The van der Waals surface area contributed by atoms with Crippen molar-refractivity contribution in [3.63, 3.8) is 0 Å². The highest BCUT2D eigenvalue weighted by molar-refractivity contribution is 5.91. The van der Waals surface area contributed by atoms with Crippen molar-refractivity contribution in [3.05, 3.63) is 30.1 Å². The number of benzene rings is 1. The quantitative estimate of drug-likeness (QED) is 0.838. The monoisotopic (exact) mass is 322 g/mol. The molecule has 8 heteroatoms. The first-order valence-electron chi connectivity index (χ1n) is 7.22. The van der Waals surface area contributed by atoms with Gasteiger partial charge >= 0.3 is 6.03 Å². The second kappa shape index (κ2) is 7.08. The minimum absolute atomic E-state index is 0.103. The number of carbonyl (C=O) groups is 3. The van der Waals surface area contributed by atoms with Crippen LogP contribution < -0.4 is 10.6 Å². The topological polar surface area (TPSA) is 81.8 Å². The molecule has 23 heavy (non-hydrogen) atoms. The van der Waals surface area contributed by atoms with E-state index in [1.165, 1.54) is 48.0 Å². The molecule has 1 saturated heterocycles. The maximum atomic E-state index is 12.9. The van der Waals surface area contributed by atoms with E-state index < -0.39 is 17.9 Å². The molecule has 7 nitrogen and oxygen atoms in total. The Labute approximate surface area is 133 Å². The van der Waals surface area contributed by atoms with Crippen LogP contribution in [-0.2, 0) is 9.59 Å². The summed E-state index contributed by atoms with van der Waals surface area (Å²) >= 11 is 0. The van der Waals surface area contributed by atoms with E-state index in [1.54, 1.807) is 0 Å². The molecule has 1 aromatic carbocycles. The summed E-state index contributed by atoms with van der Waals surface area (Å²) in [4.78, 5) is 38.7. The van der Waals surface area contributed by atoms with Gasteiger partial charge in [-0.15, -0.1) is 0 Å². The van der Waals surface area contributed by atoms with Gasteiger partial charge in [-0.25, -0.2) is 9.18 Å². The van der Waals surface area contributed by atoms with Crippen LogP contribution in [0.25, 0.3) is 0 Å². The van der Waals surface area contributed by atoms with Gasteiger partial charge in [0.05, 0.1) is 6.54 Å². The molecule has 1 aliphatic rings. The average Bonchev–Trinajstić information content (AvgIpc) is 2.55. The third-order valence-electron chi connectivity index (χ3n) is 3.72. The molecule has 0 spiro atoms. The number of urea groups is 1. The van der Waals surface area contributed by atoms with Crippen molar-refractivity contribution in [1.29, 1.82) is 0 Å². The first-order valence-corrected chi connectivity index (χ1v) is 7.22. The van der Waals surface area contributed by atoms with Gasteiger partial charge in [0, 0.05) is 32.7 Å². The Morgan fingerprint density at radius 1 is 1.17 bits per heavy atom. The smallest absolute Gasteiger partial charge is 0.321 e. The number of hydrogen-bond donors (Lipinski definition) is 2. The molecule has 124 valence electrons. The molecule has 0 bridgehead atoms. The van der Waals surface area contributed by atoms with Gasteiger partial charge in [0.25, 0.3) is 0 Å². The predicted molar refractivity (Wildman–Crippen MR) is 82.2 cm³/mol. The lowest BCUT2D eigenvalue weighted by molar-refractivity contribution is -0.141. The fraction of sp³-hybridized carbons (Fsp3) is 0.400. The van der Waals surface area contributed by atoms with Crippen LogP contribution in [0.15, 0.2) is 24.3 Å². The van der Waals surface area contributed by atoms with Crippen molar-refractivity contribution in [2.24, 2.45) is 0 Å². The molecule has 1 fully saturated rings. The molecule has 2 N–H and O–H groups in total. The average molecular weight is 322 g/mol. The number of amides is 4. The number of piperazine rings is 1. The van der Waals surface area contributed by atoms with Gasteiger partial charge in [-0.3, -0.25) is 9.59 Å². The molecule has 0 radical (unpaired) electrons. The van der Waals surface area contributed by atoms with E-state index in [4.69, 9.17) is 0 Å². The van der Waals surface area contributed by atoms with Gasteiger partial charge in [-0.1, -0.05) is 0 Å². The van der Waals surface area contributed by atoms with Crippen LogP contribution in [0.4, 0.5) is 14.9 Å². The summed E-state index contributed by atoms with van der Waals surface area (Å²) in [5.41, 5.74) is 0.460. The minimum atomic E-state index is -0.717. The van der Waals surface area contributed by atoms with Crippen LogP contribution in [0.5, 0.6) is 0 Å². The number of rotatable bonds is 2. The normalized spacial score (nSPS) is 17.6. The van der Waals surface area contributed by atoms with Crippen LogP contribution in [0.2, 0.25) is 0 Å². The molecule has 1 atom stereocenters. The summed E-state index contributed by atoms with van der Waals surface area (Å²) in [5, 5.41) is 5.15. The Hall–Kier alpha value is -2.64. The fourth-order valence-corrected chi connectivity index (χ4v) is 2.47. The van der Waals surface area contributed by atoms with Gasteiger partial charge in [-0.2, -0.15) is 0 Å². The standard InChI is InChI=1S/C15H19FN4O3/c1-10(21)20-8-7-19(9-13(20)14(22)17-2)15(23)18-12-5-3-11(16)4-6-12/h3-6,13H,7-9H2,1-2H3,(H,17,22)(H,18,23). The second-order valence-electron chi connectivity index (χ2n) is 5.23. The zero-order chi connectivity index (χ0) is 17.0. The van der Waals surface area contributed by atoms with Crippen LogP contribution in [-0.4, -0.2) is 60.4 Å². The van der Waals surface area contributed by atoms with Crippen molar-refractivity contribution in [2.75, 3.05) is 32.0 Å². The van der Waals surface area contributed by atoms with Gasteiger partial charge in [0.1, 0.15) is 11.9 Å². The zero-order valence-corrected chi connectivity index (χ0v) is 13.0. The summed E-state index contributed by atoms with van der Waals surface area (Å²) < 4.78 is 12.9. The Bertz CT molecular complexity index is 605. The molecule has 0 saturated carbocycles. The Morgan fingerprint density at radius 3 is 2.39 bits per heavy atom. The largest absolute Gasteiger partial charge is 0.357 e. The minimum Gasteiger partial charge on any atom is -0.357 e. The number of nitrogens with zero attached hydrogens (tertiary/aromatic N) is 2. The lowest BCUT2D eigenvalue weighted by Gasteiger charge is -2.39. The van der Waals surface area contributed by atoms with E-state index in [0.717, 1.165) is 0 Å². The van der Waals surface area contributed by atoms with Crippen molar-refractivity contribution in [2.45, 2.75) is 13.0 Å². The highest BCUT2D eigenvalue weighted by atomic mass is 19.1. The van der Waals surface area contributed by atoms with E-state index in [0.29, 0.717) is 12.2 Å². The predicted octanol–water partition coefficient (Wildman–Crippen LogP) is 0.636. The molecular formula is C15H19FN4O3. The molecule has 0 aromatic heterocycles. The van der Waals surface area contributed by atoms with E-state index in [2.05, 4.69) is 10.6 Å². The highest BCUT2D eigenvalue weighted by Gasteiger charge is 2.35. The lowest BCUT2D eigenvalue weighted by atomic mass is 10.1. The van der Waals surface area contributed by atoms with E-state index in [-0.39, 0.29) is 24.9 Å². The second-order valence-corrected chi connectivity index (χ2v) is 5.23. The van der Waals surface area contributed by atoms with E-state index >= 15 is 0 Å². The van der Waals surface area contributed by atoms with Crippen molar-refractivity contribution in [1.82, 2.24) is 15.1 Å². The number of halogens is 1. The highest BCUT2D eigenvalue weighted by Crippen LogP contribution is 2.14. The molecule has 1 aliphatic heterocycles. The van der Waals surface area contributed by atoms with Crippen molar-refractivity contribution >= 4 is 23.5 Å². The van der Waals surface area contributed by atoms with Crippen LogP contribution in [0.3, 0.4) is 0 Å². The Morgan fingerprint density at radius 2 is 1.83 bits per heavy atom. The van der Waals surface area contributed by atoms with E-state index in [9.17, 15) is 18.8 Å². The number of likely N-dealkylation sites (N-methyl/N-ethyl adjacent to an activating group) is 1. The lowest BCUT2D eigenvalue weighted by Crippen LogP contribution is -2.61. The first kappa shape index (κ1) is 16.7. The van der Waals surface area contributed by atoms with Gasteiger partial charge < -0.3 is 20.4 Å². The summed E-state index contributed by atoms with van der Waals surface area (Å²) in [7, 11) is 1.48. The number of carbonyl (C=O) groups excluding carboxylic acids is 3. The maximum Gasteiger partial charge on any atom is 0.321 e. The van der Waals surface area contributed by atoms with Crippen LogP contribution in [0.1, 0.15) is 6.92 Å². The van der Waals surface area contributed by atoms with Crippen LogP contribution >= 0.6 is 0 Å². The third-order valence-corrected chi connectivity index (χ3v) is 3.72. The molecule has 1 unspecified atom stereocenters. The Kier molecular flexibility index (Phi) is 5.15. The van der Waals surface area contributed by atoms with Gasteiger partial charge in [0.15, 0.2) is 0 Å². The number of nitrogens with one attached hydrogen (secondary N) is 2.